The Morgan fingerprint density at radius 3 is 3.00 bits per heavy atom. The van der Waals surface area contributed by atoms with Crippen molar-refractivity contribution in [3.05, 3.63) is 23.1 Å². The van der Waals surface area contributed by atoms with Crippen molar-refractivity contribution in [3.8, 4) is 0 Å². The molecule has 0 aromatic carbocycles. The molecule has 0 fully saturated rings. The van der Waals surface area contributed by atoms with Gasteiger partial charge in [-0.2, -0.15) is 5.10 Å². The molecule has 2 aromatic heterocycles. The Labute approximate surface area is 87.0 Å². The monoisotopic (exact) mass is 231 g/mol. The van der Waals surface area contributed by atoms with Crippen LogP contribution in [0.5, 0.6) is 0 Å². The third-order valence-corrected chi connectivity index (χ3v) is 2.81. The molecule has 0 aliphatic rings. The summed E-state index contributed by atoms with van der Waals surface area (Å²) >= 11 is 3.84. The van der Waals surface area contributed by atoms with Gasteiger partial charge in [-0.3, -0.25) is 0 Å². The lowest BCUT2D eigenvalue weighted by Gasteiger charge is -1.95. The fraction of sp³-hybridized carbons (Fsp3) is 0.143. The molecule has 1 N–H and O–H groups in total. The number of halogens is 1. The number of aryl methyl sites for hydroxylation is 1. The zero-order valence-corrected chi connectivity index (χ0v) is 8.71. The van der Waals surface area contributed by atoms with Crippen LogP contribution >= 0.6 is 11.6 Å². The maximum atomic E-state index is 10.7. The summed E-state index contributed by atoms with van der Waals surface area (Å²) in [7, 11) is 0. The Morgan fingerprint density at radius 2 is 2.36 bits per heavy atom. The summed E-state index contributed by atoms with van der Waals surface area (Å²) in [6.45, 7) is 1.74. The van der Waals surface area contributed by atoms with Crippen molar-refractivity contribution in [2.24, 2.45) is 0 Å². The summed E-state index contributed by atoms with van der Waals surface area (Å²) in [5, 5.41) is 4.49. The van der Waals surface area contributed by atoms with Gasteiger partial charge in [-0.1, -0.05) is 11.6 Å². The molecule has 0 aliphatic carbocycles. The molecule has 2 heterocycles. The van der Waals surface area contributed by atoms with Crippen LogP contribution < -0.4 is 0 Å². The Hall–Kier alpha value is -0.980. The van der Waals surface area contributed by atoms with Crippen LogP contribution in [0.3, 0.4) is 0 Å². The van der Waals surface area contributed by atoms with Crippen LogP contribution in [0.2, 0.25) is 5.02 Å². The average Bonchev–Trinajstić information content (AvgIpc) is 2.42. The van der Waals surface area contributed by atoms with Gasteiger partial charge in [0.2, 0.25) is 0 Å². The summed E-state index contributed by atoms with van der Waals surface area (Å²) < 4.78 is 20.9. The van der Waals surface area contributed by atoms with Crippen molar-refractivity contribution < 1.29 is 8.76 Å². The number of nitrogens with zero attached hydrogens (tertiary/aromatic N) is 3. The van der Waals surface area contributed by atoms with E-state index in [0.717, 1.165) is 0 Å². The molecule has 14 heavy (non-hydrogen) atoms. The van der Waals surface area contributed by atoms with E-state index in [-0.39, 0.29) is 4.90 Å². The third kappa shape index (κ3) is 1.41. The minimum atomic E-state index is -2.05. The topological polar surface area (TPSA) is 67.5 Å². The quantitative estimate of drug-likeness (QED) is 0.751. The van der Waals surface area contributed by atoms with Crippen molar-refractivity contribution in [3.63, 3.8) is 0 Å². The van der Waals surface area contributed by atoms with Crippen LogP contribution in [-0.2, 0) is 11.1 Å². The van der Waals surface area contributed by atoms with E-state index >= 15 is 0 Å². The van der Waals surface area contributed by atoms with E-state index in [1.807, 2.05) is 0 Å². The summed E-state index contributed by atoms with van der Waals surface area (Å²) in [6, 6.07) is 0. The van der Waals surface area contributed by atoms with E-state index in [1.54, 1.807) is 6.92 Å². The molecule has 1 unspecified atom stereocenters. The smallest absolute Gasteiger partial charge is 0.189 e. The van der Waals surface area contributed by atoms with Crippen LogP contribution in [0, 0.1) is 6.92 Å². The molecule has 0 bridgehead atoms. The van der Waals surface area contributed by atoms with Gasteiger partial charge in [0.1, 0.15) is 9.92 Å². The number of hydrogen-bond acceptors (Lipinski definition) is 3. The third-order valence-electron chi connectivity index (χ3n) is 1.75. The minimum Gasteiger partial charge on any atom is -0.302 e. The van der Waals surface area contributed by atoms with Gasteiger partial charge in [-0.15, -0.1) is 0 Å². The zero-order chi connectivity index (χ0) is 10.3. The minimum absolute atomic E-state index is 0.191. The number of hydrogen-bond donors (Lipinski definition) is 1. The standard InChI is InChI=1S/C7H6ClN3O2S/c1-4-6(8)7-9-2-5(14(12)13)3-11(7)10-4/h2-3H,1H3,(H,12,13). The van der Waals surface area contributed by atoms with Crippen molar-refractivity contribution in [1.82, 2.24) is 14.6 Å². The Morgan fingerprint density at radius 1 is 1.64 bits per heavy atom. The Bertz CT molecular complexity index is 525. The SMILES string of the molecule is Cc1nn2cc(S(=O)O)cnc2c1Cl. The van der Waals surface area contributed by atoms with E-state index in [9.17, 15) is 4.21 Å². The fourth-order valence-corrected chi connectivity index (χ4v) is 1.60. The zero-order valence-electron chi connectivity index (χ0n) is 7.14. The molecule has 74 valence electrons. The molecule has 0 radical (unpaired) electrons. The summed E-state index contributed by atoms with van der Waals surface area (Å²) in [5.41, 5.74) is 1.12. The Balaban J connectivity index is 2.73. The molecular weight excluding hydrogens is 226 g/mol. The van der Waals surface area contributed by atoms with Crippen LogP contribution in [0.15, 0.2) is 17.3 Å². The van der Waals surface area contributed by atoms with Crippen molar-refractivity contribution in [2.75, 3.05) is 0 Å². The molecule has 0 spiro atoms. The van der Waals surface area contributed by atoms with E-state index in [4.69, 9.17) is 16.2 Å². The average molecular weight is 232 g/mol. The maximum Gasteiger partial charge on any atom is 0.189 e. The van der Waals surface area contributed by atoms with Gasteiger partial charge in [-0.05, 0) is 6.92 Å². The van der Waals surface area contributed by atoms with Crippen LogP contribution in [0.4, 0.5) is 0 Å². The number of aromatic nitrogens is 3. The molecule has 0 saturated heterocycles. The summed E-state index contributed by atoms with van der Waals surface area (Å²) in [5.74, 6) is 0. The highest BCUT2D eigenvalue weighted by molar-refractivity contribution is 7.79. The highest BCUT2D eigenvalue weighted by atomic mass is 35.5. The second kappa shape index (κ2) is 3.30. The van der Waals surface area contributed by atoms with Crippen molar-refractivity contribution in [2.45, 2.75) is 11.8 Å². The number of rotatable bonds is 1. The second-order valence-electron chi connectivity index (χ2n) is 2.71. The first kappa shape index (κ1) is 9.57. The largest absolute Gasteiger partial charge is 0.302 e. The summed E-state index contributed by atoms with van der Waals surface area (Å²) in [6.07, 6.45) is 2.73. The fourth-order valence-electron chi connectivity index (χ4n) is 1.09. The first-order valence-electron chi connectivity index (χ1n) is 3.71. The van der Waals surface area contributed by atoms with Gasteiger partial charge in [0.25, 0.3) is 0 Å². The second-order valence-corrected chi connectivity index (χ2v) is 4.05. The van der Waals surface area contributed by atoms with Crippen molar-refractivity contribution in [1.29, 1.82) is 0 Å². The van der Waals surface area contributed by atoms with E-state index < -0.39 is 11.1 Å². The van der Waals surface area contributed by atoms with Crippen LogP contribution in [-0.4, -0.2) is 23.4 Å². The lowest BCUT2D eigenvalue weighted by Crippen LogP contribution is -1.96. The van der Waals surface area contributed by atoms with Gasteiger partial charge >= 0.3 is 0 Å². The van der Waals surface area contributed by atoms with E-state index in [1.165, 1.54) is 16.9 Å². The predicted molar refractivity (Wildman–Crippen MR) is 51.8 cm³/mol. The molecule has 7 heteroatoms. The van der Waals surface area contributed by atoms with E-state index in [0.29, 0.717) is 16.4 Å². The molecule has 2 aromatic rings. The first-order chi connectivity index (χ1) is 6.59. The van der Waals surface area contributed by atoms with Crippen LogP contribution in [0.1, 0.15) is 5.69 Å². The molecule has 0 amide bonds. The highest BCUT2D eigenvalue weighted by Crippen LogP contribution is 2.19. The van der Waals surface area contributed by atoms with Crippen LogP contribution in [0.25, 0.3) is 5.65 Å². The van der Waals surface area contributed by atoms with Gasteiger partial charge in [0, 0.05) is 6.20 Å². The normalized spacial score (nSPS) is 13.4. The van der Waals surface area contributed by atoms with E-state index in [2.05, 4.69) is 10.1 Å². The lowest BCUT2D eigenvalue weighted by atomic mass is 10.5. The highest BCUT2D eigenvalue weighted by Gasteiger charge is 2.09. The molecule has 0 saturated carbocycles. The van der Waals surface area contributed by atoms with Gasteiger partial charge < -0.3 is 4.55 Å². The predicted octanol–water partition coefficient (Wildman–Crippen LogP) is 1.27. The number of fused-ring (bicyclic) bond motifs is 1. The van der Waals surface area contributed by atoms with Gasteiger partial charge in [0.05, 0.1) is 11.9 Å². The summed E-state index contributed by atoms with van der Waals surface area (Å²) in [4.78, 5) is 4.13. The molecule has 1 atom stereocenters. The van der Waals surface area contributed by atoms with Gasteiger partial charge in [0.15, 0.2) is 16.7 Å². The van der Waals surface area contributed by atoms with Crippen molar-refractivity contribution >= 4 is 28.3 Å². The lowest BCUT2D eigenvalue weighted by molar-refractivity contribution is 0.563. The Kier molecular flexibility index (Phi) is 2.26. The molecule has 2 rings (SSSR count). The molecule has 0 aliphatic heterocycles. The molecule has 5 nitrogen and oxygen atoms in total. The molecular formula is C7H6ClN3O2S. The van der Waals surface area contributed by atoms with Gasteiger partial charge in [-0.25, -0.2) is 13.7 Å². The maximum absolute atomic E-state index is 10.7. The first-order valence-corrected chi connectivity index (χ1v) is 5.19.